The Hall–Kier alpha value is -2.67. The Balaban J connectivity index is 1.40. The third-order valence-electron chi connectivity index (χ3n) is 5.26. The second-order valence-electron chi connectivity index (χ2n) is 6.84. The Morgan fingerprint density at radius 1 is 1.35 bits per heavy atom. The first-order valence-corrected chi connectivity index (χ1v) is 8.96. The van der Waals surface area contributed by atoms with Crippen molar-refractivity contribution in [2.24, 2.45) is 0 Å². The maximum absolute atomic E-state index is 12.4. The Morgan fingerprint density at radius 2 is 2.15 bits per heavy atom. The molecule has 0 radical (unpaired) electrons. The van der Waals surface area contributed by atoms with E-state index in [1.807, 2.05) is 12.3 Å². The van der Waals surface area contributed by atoms with Crippen molar-refractivity contribution in [3.63, 3.8) is 0 Å². The average molecular weight is 354 g/mol. The van der Waals surface area contributed by atoms with Gasteiger partial charge in [-0.3, -0.25) is 4.79 Å². The van der Waals surface area contributed by atoms with Crippen molar-refractivity contribution in [1.29, 1.82) is 0 Å². The number of pyridine rings is 1. The van der Waals surface area contributed by atoms with Crippen LogP contribution < -0.4 is 5.32 Å². The molecule has 0 saturated heterocycles. The molecule has 0 atom stereocenters. The molecule has 0 spiro atoms. The molecular formula is C19H22N4O3. The van der Waals surface area contributed by atoms with Gasteiger partial charge in [0.25, 0.3) is 5.91 Å². The lowest BCUT2D eigenvalue weighted by atomic mass is 9.91. The van der Waals surface area contributed by atoms with E-state index >= 15 is 0 Å². The summed E-state index contributed by atoms with van der Waals surface area (Å²) in [4.78, 5) is 16.9. The number of carbonyl (C=O) groups is 1. The number of nitrogens with one attached hydrogen (secondary N) is 1. The first kappa shape index (κ1) is 16.8. The fourth-order valence-corrected chi connectivity index (χ4v) is 3.79. The van der Waals surface area contributed by atoms with E-state index in [0.29, 0.717) is 17.4 Å². The third-order valence-corrected chi connectivity index (χ3v) is 5.26. The molecule has 1 aliphatic rings. The smallest absolute Gasteiger partial charge is 0.274 e. The van der Waals surface area contributed by atoms with Crippen LogP contribution in [0.4, 0.5) is 0 Å². The van der Waals surface area contributed by atoms with Crippen LogP contribution in [0.3, 0.4) is 0 Å². The van der Waals surface area contributed by atoms with E-state index in [9.17, 15) is 9.90 Å². The molecular weight excluding hydrogens is 332 g/mol. The van der Waals surface area contributed by atoms with Crippen molar-refractivity contribution >= 4 is 16.9 Å². The number of hydrogen-bond donors (Lipinski definition) is 2. The molecule has 1 fully saturated rings. The van der Waals surface area contributed by atoms with Gasteiger partial charge >= 0.3 is 0 Å². The van der Waals surface area contributed by atoms with Crippen LogP contribution >= 0.6 is 0 Å². The van der Waals surface area contributed by atoms with Gasteiger partial charge in [-0.25, -0.2) is 4.98 Å². The van der Waals surface area contributed by atoms with E-state index in [2.05, 4.69) is 38.4 Å². The van der Waals surface area contributed by atoms with Crippen LogP contribution in [0.25, 0.3) is 11.0 Å². The number of carbonyl (C=O) groups excluding carboxylic acids is 1. The highest BCUT2D eigenvalue weighted by molar-refractivity contribution is 5.93. The summed E-state index contributed by atoms with van der Waals surface area (Å²) in [5.74, 6) is 0.204. The predicted octanol–water partition coefficient (Wildman–Crippen LogP) is 2.74. The summed E-state index contributed by atoms with van der Waals surface area (Å²) in [6, 6.07) is 6.63. The van der Waals surface area contributed by atoms with Gasteiger partial charge in [-0.15, -0.1) is 0 Å². The Labute approximate surface area is 151 Å². The topological polar surface area (TPSA) is 93.2 Å². The fourth-order valence-electron chi connectivity index (χ4n) is 3.79. The number of nitrogens with zero attached hydrogens (tertiary/aromatic N) is 3. The molecule has 1 amide bonds. The van der Waals surface area contributed by atoms with E-state index in [0.717, 1.165) is 36.7 Å². The summed E-state index contributed by atoms with van der Waals surface area (Å²) in [5.41, 5.74) is 1.67. The zero-order chi connectivity index (χ0) is 18.1. The molecule has 0 aliphatic heterocycles. The maximum atomic E-state index is 12.4. The van der Waals surface area contributed by atoms with Crippen molar-refractivity contribution < 1.29 is 14.4 Å². The Morgan fingerprint density at radius 3 is 2.92 bits per heavy atom. The van der Waals surface area contributed by atoms with Crippen molar-refractivity contribution in [3.05, 3.63) is 47.6 Å². The lowest BCUT2D eigenvalue weighted by molar-refractivity contribution is 0.0911. The van der Waals surface area contributed by atoms with Gasteiger partial charge in [0.1, 0.15) is 11.4 Å². The summed E-state index contributed by atoms with van der Waals surface area (Å²) in [5, 5.41) is 17.3. The molecule has 0 unspecified atom stereocenters. The number of aliphatic hydroxyl groups is 1. The number of aliphatic hydroxyl groups excluding tert-OH is 1. The van der Waals surface area contributed by atoms with Crippen LogP contribution in [0.5, 0.6) is 0 Å². The lowest BCUT2D eigenvalue weighted by Crippen LogP contribution is -2.38. The molecule has 26 heavy (non-hydrogen) atoms. The molecule has 7 nitrogen and oxygen atoms in total. The van der Waals surface area contributed by atoms with Gasteiger partial charge in [0, 0.05) is 29.9 Å². The normalized spacial score (nSPS) is 20.4. The standard InChI is InChI=1S/C19H22N4O3/c1-12-16(11-24)17(22-26-12)19(25)21-14-4-6-15(7-5-14)23-10-8-13-3-2-9-20-18(13)23/h2-3,8-10,14-15,24H,4-7,11H2,1H3,(H,21,25). The molecule has 0 aromatic carbocycles. The summed E-state index contributed by atoms with van der Waals surface area (Å²) in [6.45, 7) is 1.44. The van der Waals surface area contributed by atoms with Gasteiger partial charge in [-0.2, -0.15) is 0 Å². The zero-order valence-corrected chi connectivity index (χ0v) is 14.7. The van der Waals surface area contributed by atoms with E-state index in [4.69, 9.17) is 4.52 Å². The van der Waals surface area contributed by atoms with Crippen LogP contribution in [-0.4, -0.2) is 31.8 Å². The molecule has 3 aromatic heterocycles. The summed E-state index contributed by atoms with van der Waals surface area (Å²) in [7, 11) is 0. The van der Waals surface area contributed by atoms with Gasteiger partial charge in [-0.1, -0.05) is 5.16 Å². The number of aromatic nitrogens is 3. The fraction of sp³-hybridized carbons (Fsp3) is 0.421. The second-order valence-corrected chi connectivity index (χ2v) is 6.84. The molecule has 3 heterocycles. The van der Waals surface area contributed by atoms with Crippen molar-refractivity contribution in [3.8, 4) is 0 Å². The highest BCUT2D eigenvalue weighted by atomic mass is 16.5. The van der Waals surface area contributed by atoms with E-state index in [-0.39, 0.29) is 24.2 Å². The highest BCUT2D eigenvalue weighted by Crippen LogP contribution is 2.31. The molecule has 2 N–H and O–H groups in total. The molecule has 136 valence electrons. The monoisotopic (exact) mass is 354 g/mol. The molecule has 0 bridgehead atoms. The first-order chi connectivity index (χ1) is 12.7. The van der Waals surface area contributed by atoms with Crippen LogP contribution in [0.2, 0.25) is 0 Å². The Bertz CT molecular complexity index is 922. The molecule has 7 heteroatoms. The minimum atomic E-state index is -0.276. The minimum absolute atomic E-state index is 0.108. The molecule has 4 rings (SSSR count). The highest BCUT2D eigenvalue weighted by Gasteiger charge is 2.27. The number of amides is 1. The summed E-state index contributed by atoms with van der Waals surface area (Å²) >= 11 is 0. The second kappa shape index (κ2) is 6.92. The van der Waals surface area contributed by atoms with Crippen molar-refractivity contribution in [2.45, 2.75) is 51.3 Å². The van der Waals surface area contributed by atoms with Crippen LogP contribution in [0, 0.1) is 6.92 Å². The minimum Gasteiger partial charge on any atom is -0.391 e. The van der Waals surface area contributed by atoms with Crippen LogP contribution in [-0.2, 0) is 6.61 Å². The van der Waals surface area contributed by atoms with E-state index in [1.165, 1.54) is 0 Å². The van der Waals surface area contributed by atoms with Gasteiger partial charge < -0.3 is 19.5 Å². The lowest BCUT2D eigenvalue weighted by Gasteiger charge is -2.30. The number of hydrogen-bond acceptors (Lipinski definition) is 5. The maximum Gasteiger partial charge on any atom is 0.274 e. The van der Waals surface area contributed by atoms with E-state index < -0.39 is 0 Å². The quantitative estimate of drug-likeness (QED) is 0.751. The first-order valence-electron chi connectivity index (χ1n) is 8.96. The zero-order valence-electron chi connectivity index (χ0n) is 14.7. The van der Waals surface area contributed by atoms with Crippen molar-refractivity contribution in [2.75, 3.05) is 0 Å². The van der Waals surface area contributed by atoms with Gasteiger partial charge in [-0.05, 0) is 50.8 Å². The largest absolute Gasteiger partial charge is 0.391 e. The Kier molecular flexibility index (Phi) is 4.46. The molecule has 3 aromatic rings. The van der Waals surface area contributed by atoms with Crippen LogP contribution in [0.1, 0.15) is 53.5 Å². The SMILES string of the molecule is Cc1onc(C(=O)NC2CCC(n3ccc4cccnc43)CC2)c1CO. The number of aryl methyl sites for hydroxylation is 1. The van der Waals surface area contributed by atoms with Crippen LogP contribution in [0.15, 0.2) is 35.1 Å². The average Bonchev–Trinajstić information content (AvgIpc) is 3.25. The van der Waals surface area contributed by atoms with Gasteiger partial charge in [0.2, 0.25) is 0 Å². The summed E-state index contributed by atoms with van der Waals surface area (Å²) < 4.78 is 7.27. The number of fused-ring (bicyclic) bond motifs is 1. The molecule has 1 aliphatic carbocycles. The van der Waals surface area contributed by atoms with Crippen molar-refractivity contribution in [1.82, 2.24) is 20.0 Å². The van der Waals surface area contributed by atoms with E-state index in [1.54, 1.807) is 6.92 Å². The third kappa shape index (κ3) is 2.99. The molecule has 1 saturated carbocycles. The predicted molar refractivity (Wildman–Crippen MR) is 95.7 cm³/mol. The summed E-state index contributed by atoms with van der Waals surface area (Å²) in [6.07, 6.45) is 7.69. The van der Waals surface area contributed by atoms with Gasteiger partial charge in [0.15, 0.2) is 5.69 Å². The van der Waals surface area contributed by atoms with Gasteiger partial charge in [0.05, 0.1) is 12.2 Å². The number of rotatable bonds is 4.